The van der Waals surface area contributed by atoms with E-state index in [9.17, 15) is 8.78 Å². The number of nitrogens with zero attached hydrogens (tertiary/aromatic N) is 1. The first-order chi connectivity index (χ1) is 9.15. The molecule has 0 fully saturated rings. The van der Waals surface area contributed by atoms with E-state index >= 15 is 0 Å². The molecule has 0 aliphatic carbocycles. The van der Waals surface area contributed by atoms with Crippen LogP contribution in [0.4, 0.5) is 8.78 Å². The molecule has 0 amide bonds. The van der Waals surface area contributed by atoms with Crippen molar-refractivity contribution in [1.29, 1.82) is 0 Å². The number of nitrogens with one attached hydrogen (secondary N) is 2. The Hall–Kier alpha value is -1.73. The van der Waals surface area contributed by atoms with Gasteiger partial charge in [-0.05, 0) is 24.1 Å². The van der Waals surface area contributed by atoms with Gasteiger partial charge in [0.15, 0.2) is 0 Å². The van der Waals surface area contributed by atoms with E-state index in [0.717, 1.165) is 6.07 Å². The Balaban J connectivity index is 2.41. The minimum absolute atomic E-state index is 0.411. The van der Waals surface area contributed by atoms with Crippen LogP contribution >= 0.6 is 0 Å². The minimum Gasteiger partial charge on any atom is -0.383 e. The largest absolute Gasteiger partial charge is 0.383 e. The third kappa shape index (κ3) is 6.12. The van der Waals surface area contributed by atoms with Crippen molar-refractivity contribution in [3.8, 4) is 0 Å². The predicted octanol–water partition coefficient (Wildman–Crippen LogP) is 0.563. The van der Waals surface area contributed by atoms with Gasteiger partial charge in [-0.15, -0.1) is 0 Å². The third-order valence-electron chi connectivity index (χ3n) is 2.33. The van der Waals surface area contributed by atoms with E-state index in [0.29, 0.717) is 37.6 Å². The van der Waals surface area contributed by atoms with Crippen LogP contribution in [0.25, 0.3) is 0 Å². The topological polar surface area (TPSA) is 71.7 Å². The Morgan fingerprint density at radius 1 is 1.32 bits per heavy atom. The zero-order valence-corrected chi connectivity index (χ0v) is 10.7. The number of aliphatic imine (C=N–C) groups is 1. The van der Waals surface area contributed by atoms with Gasteiger partial charge in [-0.1, -0.05) is 0 Å². The van der Waals surface area contributed by atoms with Gasteiger partial charge in [-0.3, -0.25) is 5.43 Å². The highest BCUT2D eigenvalue weighted by Crippen LogP contribution is 2.07. The van der Waals surface area contributed by atoms with Crippen LogP contribution in [0, 0.1) is 11.6 Å². The average molecular weight is 272 g/mol. The van der Waals surface area contributed by atoms with Crippen molar-refractivity contribution in [3.05, 3.63) is 35.4 Å². The van der Waals surface area contributed by atoms with Crippen LogP contribution < -0.4 is 16.6 Å². The maximum atomic E-state index is 13.0. The van der Waals surface area contributed by atoms with Crippen LogP contribution in [0.5, 0.6) is 0 Å². The highest BCUT2D eigenvalue weighted by Gasteiger charge is 2.01. The number of halogens is 2. The summed E-state index contributed by atoms with van der Waals surface area (Å²) in [5, 5.41) is 2.93. The van der Waals surface area contributed by atoms with Gasteiger partial charge in [0.1, 0.15) is 11.6 Å². The van der Waals surface area contributed by atoms with Gasteiger partial charge >= 0.3 is 0 Å². The molecule has 1 aromatic rings. The summed E-state index contributed by atoms with van der Waals surface area (Å²) in [5.41, 5.74) is 2.97. The van der Waals surface area contributed by atoms with Crippen molar-refractivity contribution in [2.75, 3.05) is 26.8 Å². The van der Waals surface area contributed by atoms with Crippen molar-refractivity contribution in [1.82, 2.24) is 10.7 Å². The minimum atomic E-state index is -0.582. The lowest BCUT2D eigenvalue weighted by Crippen LogP contribution is -2.42. The summed E-state index contributed by atoms with van der Waals surface area (Å²) >= 11 is 0. The smallest absolute Gasteiger partial charge is 0.205 e. The number of hydrogen-bond donors (Lipinski definition) is 3. The Morgan fingerprint density at radius 2 is 2.00 bits per heavy atom. The Labute approximate surface area is 110 Å². The summed E-state index contributed by atoms with van der Waals surface area (Å²) in [6.07, 6.45) is 0.458. The van der Waals surface area contributed by atoms with E-state index in [1.165, 1.54) is 12.1 Å². The first-order valence-corrected chi connectivity index (χ1v) is 5.84. The molecule has 0 aliphatic heterocycles. The van der Waals surface area contributed by atoms with E-state index in [4.69, 9.17) is 10.6 Å². The number of rotatable bonds is 6. The fraction of sp³-hybridized carbons (Fsp3) is 0.417. The zero-order valence-electron chi connectivity index (χ0n) is 10.7. The van der Waals surface area contributed by atoms with Crippen LogP contribution in [0.2, 0.25) is 0 Å². The molecule has 0 radical (unpaired) electrons. The molecule has 4 N–H and O–H groups in total. The number of ether oxygens (including phenoxy) is 1. The third-order valence-corrected chi connectivity index (χ3v) is 2.33. The monoisotopic (exact) mass is 272 g/mol. The Morgan fingerprint density at radius 3 is 2.58 bits per heavy atom. The first kappa shape index (κ1) is 15.3. The Bertz CT molecular complexity index is 406. The molecule has 0 saturated carbocycles. The van der Waals surface area contributed by atoms with Crippen molar-refractivity contribution >= 4 is 5.96 Å². The molecule has 0 bridgehead atoms. The lowest BCUT2D eigenvalue weighted by atomic mass is 10.1. The van der Waals surface area contributed by atoms with Crippen LogP contribution in [-0.4, -0.2) is 32.8 Å². The average Bonchev–Trinajstić information content (AvgIpc) is 2.36. The standard InChI is InChI=1S/C12H18F2N4O/c1-19-5-4-17-12(18-15)16-3-2-9-6-10(13)8-11(14)7-9/h6-8H,2-5,15H2,1H3,(H2,16,17,18). The molecule has 1 aromatic carbocycles. The van der Waals surface area contributed by atoms with Crippen LogP contribution in [0.15, 0.2) is 23.2 Å². The lowest BCUT2D eigenvalue weighted by Gasteiger charge is -2.09. The fourth-order valence-corrected chi connectivity index (χ4v) is 1.48. The summed E-state index contributed by atoms with van der Waals surface area (Å²) in [6, 6.07) is 3.43. The molecule has 0 atom stereocenters. The highest BCUT2D eigenvalue weighted by atomic mass is 19.1. The zero-order chi connectivity index (χ0) is 14.1. The number of guanidine groups is 1. The maximum Gasteiger partial charge on any atom is 0.205 e. The van der Waals surface area contributed by atoms with Crippen molar-refractivity contribution in [3.63, 3.8) is 0 Å². The predicted molar refractivity (Wildman–Crippen MR) is 69.6 cm³/mol. The molecular weight excluding hydrogens is 254 g/mol. The van der Waals surface area contributed by atoms with Gasteiger partial charge in [0, 0.05) is 19.7 Å². The van der Waals surface area contributed by atoms with E-state index in [1.54, 1.807) is 7.11 Å². The van der Waals surface area contributed by atoms with Crippen molar-refractivity contribution in [2.24, 2.45) is 10.8 Å². The molecule has 5 nitrogen and oxygen atoms in total. The van der Waals surface area contributed by atoms with E-state index in [1.807, 2.05) is 0 Å². The SMILES string of the molecule is COCCN=C(NN)NCCc1cc(F)cc(F)c1. The summed E-state index contributed by atoms with van der Waals surface area (Å²) in [6.45, 7) is 1.42. The van der Waals surface area contributed by atoms with Crippen LogP contribution in [0.3, 0.4) is 0 Å². The molecule has 0 heterocycles. The second kappa shape index (κ2) is 8.39. The molecule has 19 heavy (non-hydrogen) atoms. The second-order valence-corrected chi connectivity index (χ2v) is 3.82. The molecule has 106 valence electrons. The van der Waals surface area contributed by atoms with Gasteiger partial charge < -0.3 is 10.1 Å². The van der Waals surface area contributed by atoms with E-state index in [-0.39, 0.29) is 0 Å². The van der Waals surface area contributed by atoms with Gasteiger partial charge in [0.05, 0.1) is 13.2 Å². The van der Waals surface area contributed by atoms with E-state index in [2.05, 4.69) is 15.7 Å². The van der Waals surface area contributed by atoms with E-state index < -0.39 is 11.6 Å². The Kier molecular flexibility index (Phi) is 6.76. The van der Waals surface area contributed by atoms with Crippen molar-refractivity contribution in [2.45, 2.75) is 6.42 Å². The quantitative estimate of drug-likeness (QED) is 0.233. The van der Waals surface area contributed by atoms with Crippen LogP contribution in [-0.2, 0) is 11.2 Å². The second-order valence-electron chi connectivity index (χ2n) is 3.82. The van der Waals surface area contributed by atoms with Gasteiger partial charge in [-0.25, -0.2) is 19.6 Å². The molecule has 0 spiro atoms. The molecule has 0 aromatic heterocycles. The van der Waals surface area contributed by atoms with Crippen molar-refractivity contribution < 1.29 is 13.5 Å². The molecular formula is C12H18F2N4O. The maximum absolute atomic E-state index is 13.0. The molecule has 7 heteroatoms. The summed E-state index contributed by atoms with van der Waals surface area (Å²) in [4.78, 5) is 4.09. The molecule has 1 rings (SSSR count). The van der Waals surface area contributed by atoms with Gasteiger partial charge in [0.25, 0.3) is 0 Å². The summed E-state index contributed by atoms with van der Waals surface area (Å²) in [7, 11) is 1.58. The summed E-state index contributed by atoms with van der Waals surface area (Å²) < 4.78 is 30.8. The number of hydrogen-bond acceptors (Lipinski definition) is 3. The molecule has 0 unspecified atom stereocenters. The lowest BCUT2D eigenvalue weighted by molar-refractivity contribution is 0.208. The number of hydrazine groups is 1. The van der Waals surface area contributed by atoms with Gasteiger partial charge in [0.2, 0.25) is 5.96 Å². The highest BCUT2D eigenvalue weighted by molar-refractivity contribution is 5.79. The number of methoxy groups -OCH3 is 1. The van der Waals surface area contributed by atoms with Gasteiger partial charge in [-0.2, -0.15) is 0 Å². The number of benzene rings is 1. The number of nitrogens with two attached hydrogens (primary N) is 1. The van der Waals surface area contributed by atoms with Crippen LogP contribution in [0.1, 0.15) is 5.56 Å². The normalized spacial score (nSPS) is 11.5. The summed E-state index contributed by atoms with van der Waals surface area (Å²) in [5.74, 6) is 4.52. The first-order valence-electron chi connectivity index (χ1n) is 5.84. The fourth-order valence-electron chi connectivity index (χ4n) is 1.48. The molecule has 0 aliphatic rings. The molecule has 0 saturated heterocycles.